The van der Waals surface area contributed by atoms with Crippen molar-refractivity contribution in [3.8, 4) is 5.75 Å². The molecule has 4 rings (SSSR count). The second-order valence-corrected chi connectivity index (χ2v) is 8.20. The maximum Gasteiger partial charge on any atom is 0.407 e. The molecule has 0 bridgehead atoms. The van der Waals surface area contributed by atoms with Gasteiger partial charge in [-0.1, -0.05) is 5.16 Å². The third-order valence-corrected chi connectivity index (χ3v) is 5.76. The zero-order chi connectivity index (χ0) is 20.8. The highest BCUT2D eigenvalue weighted by Crippen LogP contribution is 2.34. The number of fused-ring (bicyclic) bond motifs is 1. The van der Waals surface area contributed by atoms with Crippen LogP contribution in [0.5, 0.6) is 5.75 Å². The minimum absolute atomic E-state index is 0.555. The molecule has 29 heavy (non-hydrogen) atoms. The van der Waals surface area contributed by atoms with Crippen molar-refractivity contribution in [2.24, 2.45) is 11.8 Å². The minimum atomic E-state index is -0.805. The molecule has 1 saturated heterocycles. The van der Waals surface area contributed by atoms with Crippen molar-refractivity contribution in [2.75, 3.05) is 33.8 Å². The molecular formula is C22H33N3O4. The van der Waals surface area contributed by atoms with Crippen LogP contribution in [0.25, 0.3) is 11.0 Å². The molecule has 0 radical (unpaired) electrons. The van der Waals surface area contributed by atoms with Crippen molar-refractivity contribution in [1.82, 2.24) is 15.4 Å². The second kappa shape index (κ2) is 9.96. The Bertz CT molecular complexity index is 808. The SMILES string of the molecule is CNC.Cc1c(OCC2CC2)ccc2c(CCC3CCN(C(=O)O)CC3)noc12. The van der Waals surface area contributed by atoms with Gasteiger partial charge in [0, 0.05) is 24.0 Å². The highest BCUT2D eigenvalue weighted by Gasteiger charge is 2.24. The van der Waals surface area contributed by atoms with Crippen LogP contribution in [-0.2, 0) is 6.42 Å². The first-order chi connectivity index (χ1) is 14.0. The number of amides is 1. The number of nitrogens with one attached hydrogen (secondary N) is 1. The van der Waals surface area contributed by atoms with Crippen LogP contribution in [0.4, 0.5) is 4.79 Å². The van der Waals surface area contributed by atoms with Gasteiger partial charge in [0.25, 0.3) is 0 Å². The summed E-state index contributed by atoms with van der Waals surface area (Å²) in [5.74, 6) is 2.18. The zero-order valence-electron chi connectivity index (χ0n) is 17.7. The highest BCUT2D eigenvalue weighted by molar-refractivity contribution is 5.84. The molecule has 2 N–H and O–H groups in total. The maximum absolute atomic E-state index is 11.0. The molecule has 1 aromatic heterocycles. The van der Waals surface area contributed by atoms with E-state index in [9.17, 15) is 4.79 Å². The molecule has 2 fully saturated rings. The van der Waals surface area contributed by atoms with Crippen molar-refractivity contribution in [1.29, 1.82) is 0 Å². The van der Waals surface area contributed by atoms with Crippen molar-refractivity contribution in [2.45, 2.75) is 45.4 Å². The number of rotatable bonds is 6. The summed E-state index contributed by atoms with van der Waals surface area (Å²) in [6.07, 6.45) is 5.50. The summed E-state index contributed by atoms with van der Waals surface area (Å²) in [4.78, 5) is 12.5. The fourth-order valence-electron chi connectivity index (χ4n) is 3.75. The first-order valence-corrected chi connectivity index (χ1v) is 10.6. The molecule has 1 saturated carbocycles. The molecule has 1 aliphatic heterocycles. The van der Waals surface area contributed by atoms with E-state index in [2.05, 4.69) is 16.5 Å². The molecule has 0 unspecified atom stereocenters. The average Bonchev–Trinajstić information content (AvgIpc) is 3.45. The van der Waals surface area contributed by atoms with Crippen LogP contribution in [0.15, 0.2) is 16.7 Å². The number of piperidine rings is 1. The van der Waals surface area contributed by atoms with E-state index in [0.717, 1.165) is 66.2 Å². The van der Waals surface area contributed by atoms with Gasteiger partial charge in [-0.05, 0) is 83.5 Å². The number of carboxylic acid groups (broad SMARTS) is 1. The van der Waals surface area contributed by atoms with E-state index >= 15 is 0 Å². The summed E-state index contributed by atoms with van der Waals surface area (Å²) in [5.41, 5.74) is 2.85. The van der Waals surface area contributed by atoms with Crippen molar-refractivity contribution < 1.29 is 19.2 Å². The van der Waals surface area contributed by atoms with Crippen LogP contribution < -0.4 is 10.1 Å². The lowest BCUT2D eigenvalue weighted by atomic mass is 9.91. The Labute approximate surface area is 172 Å². The Morgan fingerprint density at radius 1 is 1.24 bits per heavy atom. The molecule has 160 valence electrons. The van der Waals surface area contributed by atoms with Gasteiger partial charge in [0.05, 0.1) is 12.3 Å². The quantitative estimate of drug-likeness (QED) is 0.755. The van der Waals surface area contributed by atoms with E-state index in [-0.39, 0.29) is 0 Å². The molecule has 2 aliphatic rings. The van der Waals surface area contributed by atoms with E-state index in [1.54, 1.807) is 0 Å². The number of carbonyl (C=O) groups is 1. The van der Waals surface area contributed by atoms with Crippen molar-refractivity contribution in [3.63, 3.8) is 0 Å². The lowest BCUT2D eigenvalue weighted by molar-refractivity contribution is 0.123. The van der Waals surface area contributed by atoms with Gasteiger partial charge < -0.3 is 24.6 Å². The Morgan fingerprint density at radius 3 is 2.55 bits per heavy atom. The molecule has 1 amide bonds. The first kappa shape index (κ1) is 21.4. The fourth-order valence-corrected chi connectivity index (χ4v) is 3.75. The number of hydrogen-bond acceptors (Lipinski definition) is 5. The number of hydrogen-bond donors (Lipinski definition) is 2. The summed E-state index contributed by atoms with van der Waals surface area (Å²) in [7, 11) is 3.75. The summed E-state index contributed by atoms with van der Waals surface area (Å²) in [5, 5.41) is 17.2. The average molecular weight is 404 g/mol. The molecule has 1 aromatic carbocycles. The Morgan fingerprint density at radius 2 is 1.93 bits per heavy atom. The van der Waals surface area contributed by atoms with E-state index in [1.807, 2.05) is 27.1 Å². The Balaban J connectivity index is 0.000000755. The van der Waals surface area contributed by atoms with Crippen LogP contribution in [0.3, 0.4) is 0 Å². The molecule has 1 aliphatic carbocycles. The third-order valence-electron chi connectivity index (χ3n) is 5.76. The summed E-state index contributed by atoms with van der Waals surface area (Å²) in [6.45, 7) is 4.10. The molecule has 7 heteroatoms. The van der Waals surface area contributed by atoms with E-state index in [1.165, 1.54) is 17.7 Å². The molecular weight excluding hydrogens is 370 g/mol. The summed E-state index contributed by atoms with van der Waals surface area (Å²) < 4.78 is 11.5. The van der Waals surface area contributed by atoms with Gasteiger partial charge in [-0.25, -0.2) is 4.79 Å². The van der Waals surface area contributed by atoms with Crippen LogP contribution in [0.1, 0.15) is 43.4 Å². The fraction of sp³-hybridized carbons (Fsp3) is 0.636. The number of aromatic nitrogens is 1. The lowest BCUT2D eigenvalue weighted by Gasteiger charge is -2.29. The van der Waals surface area contributed by atoms with E-state index in [4.69, 9.17) is 14.4 Å². The van der Waals surface area contributed by atoms with Gasteiger partial charge in [-0.3, -0.25) is 0 Å². The predicted octanol–water partition coefficient (Wildman–Crippen LogP) is 4.08. The number of benzene rings is 1. The van der Waals surface area contributed by atoms with Gasteiger partial charge in [0.1, 0.15) is 5.75 Å². The largest absolute Gasteiger partial charge is 0.493 e. The second-order valence-electron chi connectivity index (χ2n) is 8.20. The van der Waals surface area contributed by atoms with Crippen molar-refractivity contribution >= 4 is 17.1 Å². The standard InChI is InChI=1S/C20H26N2O4.C2H7N/c1-13-18(25-12-15-2-3-15)7-5-16-17(21-26-19(13)16)6-4-14-8-10-22(11-9-14)20(23)24;1-3-2/h5,7,14-15H,2-4,6,8-12H2,1H3,(H,23,24);3H,1-2H3. The van der Waals surface area contributed by atoms with Gasteiger partial charge in [-0.15, -0.1) is 0 Å². The highest BCUT2D eigenvalue weighted by atomic mass is 16.5. The number of nitrogens with zero attached hydrogens (tertiary/aromatic N) is 2. The number of ether oxygens (including phenoxy) is 1. The smallest absolute Gasteiger partial charge is 0.407 e. The van der Waals surface area contributed by atoms with Crippen LogP contribution in [0, 0.1) is 18.8 Å². The summed E-state index contributed by atoms with van der Waals surface area (Å²) in [6, 6.07) is 4.09. The predicted molar refractivity (Wildman–Crippen MR) is 113 cm³/mol. The number of likely N-dealkylation sites (tertiary alicyclic amines) is 1. The van der Waals surface area contributed by atoms with Crippen molar-refractivity contribution in [3.05, 3.63) is 23.4 Å². The van der Waals surface area contributed by atoms with Gasteiger partial charge >= 0.3 is 6.09 Å². The van der Waals surface area contributed by atoms with Gasteiger partial charge in [0.2, 0.25) is 0 Å². The van der Waals surface area contributed by atoms with Crippen LogP contribution in [0.2, 0.25) is 0 Å². The molecule has 2 aromatic rings. The summed E-state index contributed by atoms with van der Waals surface area (Å²) >= 11 is 0. The zero-order valence-corrected chi connectivity index (χ0v) is 17.7. The number of aryl methyl sites for hydroxylation is 2. The molecule has 2 heterocycles. The van der Waals surface area contributed by atoms with E-state index < -0.39 is 6.09 Å². The Kier molecular flexibility index (Phi) is 7.36. The third kappa shape index (κ3) is 5.63. The van der Waals surface area contributed by atoms with Crippen LogP contribution >= 0.6 is 0 Å². The molecule has 0 atom stereocenters. The first-order valence-electron chi connectivity index (χ1n) is 10.6. The topological polar surface area (TPSA) is 87.8 Å². The van der Waals surface area contributed by atoms with E-state index in [0.29, 0.717) is 19.0 Å². The van der Waals surface area contributed by atoms with Gasteiger partial charge in [-0.2, -0.15) is 0 Å². The Hall–Kier alpha value is -2.28. The maximum atomic E-state index is 11.0. The molecule has 0 spiro atoms. The molecule has 7 nitrogen and oxygen atoms in total. The monoisotopic (exact) mass is 403 g/mol. The lowest BCUT2D eigenvalue weighted by Crippen LogP contribution is -2.37. The van der Waals surface area contributed by atoms with Crippen LogP contribution in [-0.4, -0.2) is 55.0 Å². The van der Waals surface area contributed by atoms with Gasteiger partial charge in [0.15, 0.2) is 5.58 Å². The normalized spacial score (nSPS) is 17.1. The minimum Gasteiger partial charge on any atom is -0.493 e.